The molecule has 1 aliphatic rings. The molecule has 1 N–H and O–H groups in total. The lowest BCUT2D eigenvalue weighted by atomic mass is 10.2. The van der Waals surface area contributed by atoms with Crippen molar-refractivity contribution in [1.29, 1.82) is 0 Å². The third-order valence-electron chi connectivity index (χ3n) is 3.13. The molecule has 0 amide bonds. The molecule has 0 saturated heterocycles. The highest BCUT2D eigenvalue weighted by Gasteiger charge is 2.30. The molecule has 5 heteroatoms. The van der Waals surface area contributed by atoms with Crippen molar-refractivity contribution in [2.45, 2.75) is 38.3 Å². The van der Waals surface area contributed by atoms with Crippen molar-refractivity contribution >= 4 is 0 Å². The molecule has 0 spiro atoms. The second-order valence-electron chi connectivity index (χ2n) is 5.11. The molecule has 2 rings (SSSR count). The molecule has 17 heavy (non-hydrogen) atoms. The number of aryl methyl sites for hydroxylation is 1. The zero-order chi connectivity index (χ0) is 12.3. The predicted octanol–water partition coefficient (Wildman–Crippen LogP) is 0.827. The Labute approximate surface area is 103 Å². The molecule has 5 nitrogen and oxygen atoms in total. The van der Waals surface area contributed by atoms with Crippen LogP contribution < -0.4 is 5.32 Å². The van der Waals surface area contributed by atoms with Crippen molar-refractivity contribution in [2.75, 3.05) is 27.7 Å². The summed E-state index contributed by atoms with van der Waals surface area (Å²) in [6, 6.07) is 0. The molecule has 1 saturated carbocycles. The number of aromatic nitrogens is 3. The van der Waals surface area contributed by atoms with E-state index < -0.39 is 0 Å². The number of nitrogens with zero attached hydrogens (tertiary/aromatic N) is 4. The summed E-state index contributed by atoms with van der Waals surface area (Å²) in [7, 11) is 6.17. The van der Waals surface area contributed by atoms with Crippen LogP contribution in [-0.2, 0) is 13.1 Å². The van der Waals surface area contributed by atoms with E-state index in [9.17, 15) is 0 Å². The van der Waals surface area contributed by atoms with Gasteiger partial charge < -0.3 is 10.2 Å². The molecule has 0 bridgehead atoms. The summed E-state index contributed by atoms with van der Waals surface area (Å²) < 4.78 is 2.12. The Morgan fingerprint density at radius 2 is 2.18 bits per heavy atom. The summed E-state index contributed by atoms with van der Waals surface area (Å²) in [4.78, 5) is 2.21. The molecular weight excluding hydrogens is 214 g/mol. The summed E-state index contributed by atoms with van der Waals surface area (Å²) in [5.41, 5.74) is 2.51. The molecule has 0 aromatic carbocycles. The normalized spacial score (nSPS) is 15.8. The lowest BCUT2D eigenvalue weighted by Gasteiger charge is -2.10. The maximum Gasteiger partial charge on any atom is 0.0999 e. The van der Waals surface area contributed by atoms with Crippen molar-refractivity contribution in [3.63, 3.8) is 0 Å². The molecule has 96 valence electrons. The van der Waals surface area contributed by atoms with Crippen LogP contribution in [0.15, 0.2) is 0 Å². The minimum atomic E-state index is 0.715. The first-order chi connectivity index (χ1) is 8.22. The molecule has 1 heterocycles. The van der Waals surface area contributed by atoms with Crippen molar-refractivity contribution in [1.82, 2.24) is 25.2 Å². The van der Waals surface area contributed by atoms with E-state index in [4.69, 9.17) is 0 Å². The van der Waals surface area contributed by atoms with E-state index in [-0.39, 0.29) is 0 Å². The maximum absolute atomic E-state index is 4.30. The number of hydrogen-bond donors (Lipinski definition) is 1. The maximum atomic E-state index is 4.30. The van der Waals surface area contributed by atoms with Crippen molar-refractivity contribution < 1.29 is 0 Å². The summed E-state index contributed by atoms with van der Waals surface area (Å²) in [5.74, 6) is 0.715. The van der Waals surface area contributed by atoms with Gasteiger partial charge in [-0.05, 0) is 47.0 Å². The molecule has 1 aliphatic carbocycles. The van der Waals surface area contributed by atoms with E-state index in [0.29, 0.717) is 5.92 Å². The van der Waals surface area contributed by atoms with Gasteiger partial charge in [0.1, 0.15) is 0 Å². The van der Waals surface area contributed by atoms with Gasteiger partial charge in [0, 0.05) is 19.0 Å². The fourth-order valence-corrected chi connectivity index (χ4v) is 2.15. The Morgan fingerprint density at radius 1 is 1.41 bits per heavy atom. The lowest BCUT2D eigenvalue weighted by Crippen LogP contribution is -2.16. The van der Waals surface area contributed by atoms with Crippen LogP contribution in [0.4, 0.5) is 0 Å². The minimum absolute atomic E-state index is 0.715. The van der Waals surface area contributed by atoms with Gasteiger partial charge in [-0.15, -0.1) is 5.10 Å². The Hall–Kier alpha value is -0.940. The quantitative estimate of drug-likeness (QED) is 0.763. The van der Waals surface area contributed by atoms with E-state index >= 15 is 0 Å². The van der Waals surface area contributed by atoms with Gasteiger partial charge in [0.15, 0.2) is 0 Å². The topological polar surface area (TPSA) is 46.0 Å². The number of nitrogens with one attached hydrogen (secondary N) is 1. The third-order valence-corrected chi connectivity index (χ3v) is 3.13. The van der Waals surface area contributed by atoms with E-state index in [1.54, 1.807) is 0 Å². The van der Waals surface area contributed by atoms with Crippen LogP contribution in [0.3, 0.4) is 0 Å². The predicted molar refractivity (Wildman–Crippen MR) is 67.9 cm³/mol. The Kier molecular flexibility index (Phi) is 4.12. The first-order valence-corrected chi connectivity index (χ1v) is 6.44. The summed E-state index contributed by atoms with van der Waals surface area (Å²) in [5, 5.41) is 11.8. The lowest BCUT2D eigenvalue weighted by molar-refractivity contribution is 0.376. The Morgan fingerprint density at radius 3 is 2.76 bits per heavy atom. The van der Waals surface area contributed by atoms with Gasteiger partial charge in [-0.25, -0.2) is 4.68 Å². The van der Waals surface area contributed by atoms with Crippen LogP contribution in [0.2, 0.25) is 0 Å². The molecule has 1 aromatic rings. The number of hydrogen-bond acceptors (Lipinski definition) is 4. The van der Waals surface area contributed by atoms with Gasteiger partial charge >= 0.3 is 0 Å². The van der Waals surface area contributed by atoms with E-state index in [1.807, 2.05) is 7.05 Å². The van der Waals surface area contributed by atoms with Crippen molar-refractivity contribution in [2.24, 2.45) is 0 Å². The van der Waals surface area contributed by atoms with Crippen LogP contribution in [0.25, 0.3) is 0 Å². The van der Waals surface area contributed by atoms with Crippen LogP contribution in [0.5, 0.6) is 0 Å². The van der Waals surface area contributed by atoms with Gasteiger partial charge in [0.25, 0.3) is 0 Å². The van der Waals surface area contributed by atoms with Crippen LogP contribution in [-0.4, -0.2) is 47.6 Å². The first-order valence-electron chi connectivity index (χ1n) is 6.44. The van der Waals surface area contributed by atoms with Crippen molar-refractivity contribution in [3.8, 4) is 0 Å². The van der Waals surface area contributed by atoms with Gasteiger partial charge in [0.2, 0.25) is 0 Å². The van der Waals surface area contributed by atoms with Crippen LogP contribution >= 0.6 is 0 Å². The van der Waals surface area contributed by atoms with E-state index in [0.717, 1.165) is 31.7 Å². The second kappa shape index (κ2) is 5.60. The fraction of sp³-hybridized carbons (Fsp3) is 0.833. The summed E-state index contributed by atoms with van der Waals surface area (Å²) in [6.07, 6.45) is 3.74. The van der Waals surface area contributed by atoms with Crippen LogP contribution in [0, 0.1) is 0 Å². The largest absolute Gasteiger partial charge is 0.314 e. The summed E-state index contributed by atoms with van der Waals surface area (Å²) in [6.45, 7) is 2.92. The molecule has 0 aliphatic heterocycles. The second-order valence-corrected chi connectivity index (χ2v) is 5.11. The summed E-state index contributed by atoms with van der Waals surface area (Å²) >= 11 is 0. The molecule has 1 fully saturated rings. The monoisotopic (exact) mass is 237 g/mol. The molecule has 0 atom stereocenters. The fourth-order valence-electron chi connectivity index (χ4n) is 2.15. The average molecular weight is 237 g/mol. The molecule has 0 unspecified atom stereocenters. The van der Waals surface area contributed by atoms with Gasteiger partial charge in [0.05, 0.1) is 11.4 Å². The minimum Gasteiger partial charge on any atom is -0.314 e. The Balaban J connectivity index is 2.00. The zero-order valence-electron chi connectivity index (χ0n) is 11.1. The van der Waals surface area contributed by atoms with Gasteiger partial charge in [-0.2, -0.15) is 0 Å². The standard InChI is InChI=1S/C12H23N5/c1-13-9-11-12(10-5-6-10)17(15-14-11)8-4-7-16(2)3/h10,13H,4-9H2,1-3H3. The Bertz CT molecular complexity index is 354. The average Bonchev–Trinajstić information content (AvgIpc) is 3.03. The smallest absolute Gasteiger partial charge is 0.0999 e. The van der Waals surface area contributed by atoms with Crippen LogP contribution in [0.1, 0.15) is 36.6 Å². The van der Waals surface area contributed by atoms with E-state index in [2.05, 4.69) is 39.3 Å². The number of rotatable bonds is 7. The zero-order valence-corrected chi connectivity index (χ0v) is 11.1. The molecule has 0 radical (unpaired) electrons. The molecule has 1 aromatic heterocycles. The van der Waals surface area contributed by atoms with Gasteiger partial charge in [-0.3, -0.25) is 0 Å². The van der Waals surface area contributed by atoms with E-state index in [1.165, 1.54) is 18.5 Å². The third kappa shape index (κ3) is 3.26. The molecular formula is C12H23N5. The highest BCUT2D eigenvalue weighted by atomic mass is 15.4. The first kappa shape index (κ1) is 12.5. The highest BCUT2D eigenvalue weighted by molar-refractivity contribution is 5.20. The SMILES string of the molecule is CNCc1nnn(CCCN(C)C)c1C1CC1. The van der Waals surface area contributed by atoms with Gasteiger partial charge in [-0.1, -0.05) is 5.21 Å². The van der Waals surface area contributed by atoms with Crippen molar-refractivity contribution in [3.05, 3.63) is 11.4 Å². The highest BCUT2D eigenvalue weighted by Crippen LogP contribution is 2.41.